The highest BCUT2D eigenvalue weighted by Crippen LogP contribution is 2.35. The Morgan fingerprint density at radius 2 is 1.73 bits per heavy atom. The van der Waals surface area contributed by atoms with Crippen LogP contribution >= 0.6 is 11.6 Å². The summed E-state index contributed by atoms with van der Waals surface area (Å²) in [6, 6.07) is 19.4. The zero-order chi connectivity index (χ0) is 22.8. The highest BCUT2D eigenvalue weighted by Gasteiger charge is 2.18. The minimum Gasteiger partial charge on any atom is -0.374 e. The molecule has 0 atom stereocenters. The number of aryl methyl sites for hydroxylation is 1. The van der Waals surface area contributed by atoms with Crippen LogP contribution in [0.2, 0.25) is 0 Å². The zero-order valence-corrected chi connectivity index (χ0v) is 20.1. The lowest BCUT2D eigenvalue weighted by molar-refractivity contribution is -0.671. The fraction of sp³-hybridized carbons (Fsp3) is 0.233. The number of likely N-dealkylation sites (N-methyl/N-ethyl adjacent to an activating group) is 1. The van der Waals surface area contributed by atoms with Crippen LogP contribution in [-0.4, -0.2) is 18.5 Å². The van der Waals surface area contributed by atoms with Crippen LogP contribution in [0.3, 0.4) is 0 Å². The lowest BCUT2D eigenvalue weighted by Gasteiger charge is -2.30. The third kappa shape index (κ3) is 4.41. The average Bonchev–Trinajstić information content (AvgIpc) is 2.84. The molecule has 3 heteroatoms. The van der Waals surface area contributed by atoms with Gasteiger partial charge in [0.2, 0.25) is 5.69 Å². The molecule has 1 aliphatic carbocycles. The lowest BCUT2D eigenvalue weighted by Crippen LogP contribution is -2.31. The summed E-state index contributed by atoms with van der Waals surface area (Å²) in [4.78, 5) is 2.35. The van der Waals surface area contributed by atoms with Crippen LogP contribution in [-0.2, 0) is 13.5 Å². The van der Waals surface area contributed by atoms with E-state index in [0.717, 1.165) is 37.3 Å². The molecule has 2 aliphatic rings. The molecule has 2 heterocycles. The highest BCUT2D eigenvalue weighted by molar-refractivity contribution is 6.32. The van der Waals surface area contributed by atoms with Crippen LogP contribution in [0.5, 0.6) is 0 Å². The summed E-state index contributed by atoms with van der Waals surface area (Å²) in [6.45, 7) is 1.05. The fourth-order valence-electron chi connectivity index (χ4n) is 4.93. The van der Waals surface area contributed by atoms with Crippen molar-refractivity contribution in [2.24, 2.45) is 7.05 Å². The lowest BCUT2D eigenvalue weighted by atomic mass is 9.92. The number of benzene rings is 2. The maximum Gasteiger partial charge on any atom is 0.212 e. The van der Waals surface area contributed by atoms with Crippen molar-refractivity contribution in [3.63, 3.8) is 0 Å². The molecule has 0 unspecified atom stereocenters. The molecule has 0 bridgehead atoms. The SMILES string of the molecule is CN1CCc2ccccc2/C1=C\C=C1/CCCC(/C=C/c2c3ccccc3cc[n+]2C)=C1Cl. The second kappa shape index (κ2) is 9.41. The Morgan fingerprint density at radius 3 is 2.64 bits per heavy atom. The molecule has 2 nitrogen and oxygen atoms in total. The van der Waals surface area contributed by atoms with Gasteiger partial charge in [0, 0.05) is 42.0 Å². The number of hydrogen-bond acceptors (Lipinski definition) is 1. The molecule has 0 N–H and O–H groups in total. The second-order valence-corrected chi connectivity index (χ2v) is 9.38. The van der Waals surface area contributed by atoms with E-state index in [1.54, 1.807) is 0 Å². The Hall–Kier alpha value is -3.10. The Balaban J connectivity index is 1.48. The summed E-state index contributed by atoms with van der Waals surface area (Å²) in [6.07, 6.45) is 15.3. The van der Waals surface area contributed by atoms with E-state index in [2.05, 4.69) is 109 Å². The molecular weight excluding hydrogens is 424 g/mol. The molecule has 5 rings (SSSR count). The molecule has 0 saturated heterocycles. The first-order valence-electron chi connectivity index (χ1n) is 11.8. The van der Waals surface area contributed by atoms with Gasteiger partial charge in [0.05, 0.1) is 5.39 Å². The molecule has 0 radical (unpaired) electrons. The standard InChI is InChI=1S/C30H30ClN2/c1-32-20-18-22-8-3-5-12-26(22)28(32)16-14-24-10-7-11-25(30(24)31)15-17-29-27-13-6-4-9-23(27)19-21-33(29)2/h3-6,8-9,12-18,20H,7,10-11,19,21H2,1-2H3/q+1. The number of pyridine rings is 1. The monoisotopic (exact) mass is 453 g/mol. The van der Waals surface area contributed by atoms with Gasteiger partial charge in [-0.25, -0.2) is 4.57 Å². The van der Waals surface area contributed by atoms with Gasteiger partial charge in [0.15, 0.2) is 6.20 Å². The summed E-state index contributed by atoms with van der Waals surface area (Å²) in [5.41, 5.74) is 7.69. The largest absolute Gasteiger partial charge is 0.374 e. The Labute approximate surface area is 201 Å². The Kier molecular flexibility index (Phi) is 6.20. The van der Waals surface area contributed by atoms with Gasteiger partial charge in [-0.1, -0.05) is 66.2 Å². The van der Waals surface area contributed by atoms with E-state index in [1.165, 1.54) is 44.4 Å². The molecular formula is C30H30ClN2+. The molecule has 2 aromatic carbocycles. The van der Waals surface area contributed by atoms with Gasteiger partial charge in [-0.2, -0.15) is 0 Å². The Bertz CT molecular complexity index is 1330. The minimum atomic E-state index is 0.906. The molecule has 0 fully saturated rings. The molecule has 3 aromatic rings. The van der Waals surface area contributed by atoms with Crippen molar-refractivity contribution in [1.29, 1.82) is 0 Å². The van der Waals surface area contributed by atoms with E-state index in [-0.39, 0.29) is 0 Å². The number of allylic oxidation sites excluding steroid dienone is 6. The van der Waals surface area contributed by atoms with Crippen LogP contribution in [0, 0.1) is 0 Å². The second-order valence-electron chi connectivity index (χ2n) is 9.00. The summed E-state index contributed by atoms with van der Waals surface area (Å²) in [7, 11) is 4.27. The van der Waals surface area contributed by atoms with Crippen molar-refractivity contribution >= 4 is 34.1 Å². The maximum atomic E-state index is 6.94. The van der Waals surface area contributed by atoms with Crippen molar-refractivity contribution in [3.8, 4) is 0 Å². The van der Waals surface area contributed by atoms with Gasteiger partial charge in [0.1, 0.15) is 7.05 Å². The number of aromatic nitrogens is 1. The van der Waals surface area contributed by atoms with E-state index in [0.29, 0.717) is 0 Å². The Morgan fingerprint density at radius 1 is 0.909 bits per heavy atom. The van der Waals surface area contributed by atoms with E-state index < -0.39 is 0 Å². The number of fused-ring (bicyclic) bond motifs is 2. The van der Waals surface area contributed by atoms with Gasteiger partial charge in [-0.3, -0.25) is 0 Å². The molecule has 33 heavy (non-hydrogen) atoms. The van der Waals surface area contributed by atoms with Crippen molar-refractivity contribution < 1.29 is 4.57 Å². The van der Waals surface area contributed by atoms with Crippen molar-refractivity contribution in [1.82, 2.24) is 4.90 Å². The van der Waals surface area contributed by atoms with Crippen molar-refractivity contribution in [2.75, 3.05) is 13.6 Å². The van der Waals surface area contributed by atoms with E-state index in [9.17, 15) is 0 Å². The first-order valence-corrected chi connectivity index (χ1v) is 12.1. The van der Waals surface area contributed by atoms with Crippen LogP contribution in [0.25, 0.3) is 22.5 Å². The normalized spacial score (nSPS) is 19.2. The summed E-state index contributed by atoms with van der Waals surface area (Å²) < 4.78 is 2.17. The van der Waals surface area contributed by atoms with Crippen molar-refractivity contribution in [2.45, 2.75) is 25.7 Å². The van der Waals surface area contributed by atoms with Gasteiger partial charge in [0.25, 0.3) is 0 Å². The first kappa shape index (κ1) is 21.7. The number of halogens is 1. The van der Waals surface area contributed by atoms with Crippen LogP contribution in [0.4, 0.5) is 0 Å². The first-order chi connectivity index (χ1) is 16.1. The summed E-state index contributed by atoms with van der Waals surface area (Å²) >= 11 is 6.94. The summed E-state index contributed by atoms with van der Waals surface area (Å²) in [5, 5.41) is 3.41. The van der Waals surface area contributed by atoms with Crippen molar-refractivity contribution in [3.05, 3.63) is 112 Å². The fourth-order valence-corrected chi connectivity index (χ4v) is 5.25. The summed E-state index contributed by atoms with van der Waals surface area (Å²) in [5.74, 6) is 0. The van der Waals surface area contributed by atoms with E-state index >= 15 is 0 Å². The van der Waals surface area contributed by atoms with Crippen LogP contribution < -0.4 is 4.57 Å². The van der Waals surface area contributed by atoms with Crippen LogP contribution in [0.1, 0.15) is 36.1 Å². The molecule has 0 saturated carbocycles. The van der Waals surface area contributed by atoms with Gasteiger partial charge < -0.3 is 4.90 Å². The quantitative estimate of drug-likeness (QED) is 0.395. The third-order valence-electron chi connectivity index (χ3n) is 6.86. The van der Waals surface area contributed by atoms with Gasteiger partial charge in [-0.15, -0.1) is 0 Å². The predicted molar refractivity (Wildman–Crippen MR) is 140 cm³/mol. The maximum absolute atomic E-state index is 6.94. The molecule has 1 aromatic heterocycles. The third-order valence-corrected chi connectivity index (χ3v) is 7.34. The molecule has 1 aliphatic heterocycles. The number of rotatable bonds is 3. The minimum absolute atomic E-state index is 0.906. The van der Waals surface area contributed by atoms with Gasteiger partial charge >= 0.3 is 0 Å². The molecule has 0 spiro atoms. The molecule has 166 valence electrons. The van der Waals surface area contributed by atoms with Crippen LogP contribution in [0.15, 0.2) is 95.2 Å². The topological polar surface area (TPSA) is 7.12 Å². The number of nitrogens with zero attached hydrogens (tertiary/aromatic N) is 2. The average molecular weight is 454 g/mol. The zero-order valence-electron chi connectivity index (χ0n) is 19.4. The highest BCUT2D eigenvalue weighted by atomic mass is 35.5. The predicted octanol–water partition coefficient (Wildman–Crippen LogP) is 6.81. The van der Waals surface area contributed by atoms with E-state index in [4.69, 9.17) is 11.6 Å². The number of hydrogen-bond donors (Lipinski definition) is 0. The smallest absolute Gasteiger partial charge is 0.212 e. The van der Waals surface area contributed by atoms with E-state index in [1.807, 2.05) is 0 Å². The van der Waals surface area contributed by atoms with Gasteiger partial charge in [-0.05, 0) is 59.9 Å². The molecule has 0 amide bonds.